The molecule has 0 amide bonds. The zero-order valence-electron chi connectivity index (χ0n) is 10.7. The molecule has 116 valence electrons. The lowest BCUT2D eigenvalue weighted by Crippen LogP contribution is -2.31. The highest BCUT2D eigenvalue weighted by atomic mass is 32.2. The summed E-state index contributed by atoms with van der Waals surface area (Å²) >= 11 is 0. The maximum absolute atomic E-state index is 13.5. The smallest absolute Gasteiger partial charge is 0.335 e. The van der Waals surface area contributed by atoms with Crippen LogP contribution in [-0.2, 0) is 19.6 Å². The minimum atomic E-state index is -4.61. The van der Waals surface area contributed by atoms with Gasteiger partial charge in [0.2, 0.25) is 10.0 Å². The van der Waals surface area contributed by atoms with E-state index in [1.807, 2.05) is 0 Å². The van der Waals surface area contributed by atoms with Crippen molar-refractivity contribution in [2.45, 2.75) is 11.8 Å². The van der Waals surface area contributed by atoms with Crippen LogP contribution in [0.2, 0.25) is 0 Å². The number of hydrogen-bond acceptors (Lipinski definition) is 5. The van der Waals surface area contributed by atoms with Gasteiger partial charge in [-0.25, -0.2) is 22.0 Å². The molecule has 0 fully saturated rings. The molecule has 0 heterocycles. The molecule has 0 aliphatic rings. The van der Waals surface area contributed by atoms with Gasteiger partial charge in [0.15, 0.2) is 11.6 Å². The number of halogens is 2. The van der Waals surface area contributed by atoms with Gasteiger partial charge in [0, 0.05) is 0 Å². The average Bonchev–Trinajstić information content (AvgIpc) is 2.39. The molecule has 7 nitrogen and oxygen atoms in total. The highest BCUT2D eigenvalue weighted by Crippen LogP contribution is 2.19. The van der Waals surface area contributed by atoms with E-state index in [9.17, 15) is 26.8 Å². The maximum Gasteiger partial charge on any atom is 0.335 e. The molecule has 1 rings (SSSR count). The number of nitrogens with one attached hydrogen (secondary N) is 1. The predicted octanol–water partition coefficient (Wildman–Crippen LogP) is 0.504. The number of ether oxygens (including phenoxy) is 1. The quantitative estimate of drug-likeness (QED) is 0.738. The zero-order chi connectivity index (χ0) is 16.2. The van der Waals surface area contributed by atoms with Crippen LogP contribution in [0.3, 0.4) is 0 Å². The number of aromatic carboxylic acids is 1. The predicted molar refractivity (Wildman–Crippen MR) is 65.1 cm³/mol. The van der Waals surface area contributed by atoms with Crippen LogP contribution in [0.15, 0.2) is 17.0 Å². The molecule has 0 saturated carbocycles. The second-order valence-corrected chi connectivity index (χ2v) is 5.44. The molecule has 21 heavy (non-hydrogen) atoms. The largest absolute Gasteiger partial charge is 0.478 e. The average molecular weight is 323 g/mol. The molecule has 0 bridgehead atoms. The first kappa shape index (κ1) is 17.0. The minimum absolute atomic E-state index is 0.0120. The van der Waals surface area contributed by atoms with Crippen LogP contribution in [0.5, 0.6) is 0 Å². The van der Waals surface area contributed by atoms with Crippen molar-refractivity contribution in [1.82, 2.24) is 4.72 Å². The number of esters is 1. The SMILES string of the molecule is CCOC(=O)CNS(=O)(=O)c1cc(C(=O)O)cc(F)c1F. The number of sulfonamides is 1. The van der Waals surface area contributed by atoms with E-state index in [4.69, 9.17) is 5.11 Å². The summed E-state index contributed by atoms with van der Waals surface area (Å²) in [6.07, 6.45) is 0. The number of carboxylic acid groups (broad SMARTS) is 1. The third-order valence-corrected chi connectivity index (χ3v) is 3.64. The van der Waals surface area contributed by atoms with E-state index < -0.39 is 50.6 Å². The number of benzene rings is 1. The van der Waals surface area contributed by atoms with Crippen molar-refractivity contribution in [1.29, 1.82) is 0 Å². The Kier molecular flexibility index (Phi) is 5.33. The van der Waals surface area contributed by atoms with Gasteiger partial charge in [-0.15, -0.1) is 0 Å². The van der Waals surface area contributed by atoms with Crippen LogP contribution in [0.1, 0.15) is 17.3 Å². The van der Waals surface area contributed by atoms with Crippen LogP contribution in [0.4, 0.5) is 8.78 Å². The summed E-state index contributed by atoms with van der Waals surface area (Å²) in [5.41, 5.74) is -0.745. The second kappa shape index (κ2) is 6.59. The molecular weight excluding hydrogens is 312 g/mol. The van der Waals surface area contributed by atoms with E-state index in [-0.39, 0.29) is 6.61 Å². The summed E-state index contributed by atoms with van der Waals surface area (Å²) in [6.45, 7) is 0.713. The van der Waals surface area contributed by atoms with E-state index in [0.29, 0.717) is 12.1 Å². The first-order valence-corrected chi connectivity index (χ1v) is 7.05. The molecule has 0 saturated heterocycles. The van der Waals surface area contributed by atoms with Gasteiger partial charge in [0.25, 0.3) is 0 Å². The molecule has 0 atom stereocenters. The fourth-order valence-corrected chi connectivity index (χ4v) is 2.41. The molecule has 0 aromatic heterocycles. The second-order valence-electron chi connectivity index (χ2n) is 3.70. The highest BCUT2D eigenvalue weighted by molar-refractivity contribution is 7.89. The zero-order valence-corrected chi connectivity index (χ0v) is 11.5. The first-order chi connectivity index (χ1) is 9.69. The maximum atomic E-state index is 13.5. The normalized spacial score (nSPS) is 11.2. The standard InChI is InChI=1S/C11H11F2NO6S/c1-2-20-9(15)5-14-21(18,19)8-4-6(11(16)17)3-7(12)10(8)13/h3-4,14H,2,5H2,1H3,(H,16,17). The first-order valence-electron chi connectivity index (χ1n) is 5.56. The Bertz CT molecular complexity index is 674. The lowest BCUT2D eigenvalue weighted by molar-refractivity contribution is -0.141. The Morgan fingerprint density at radius 1 is 1.33 bits per heavy atom. The monoisotopic (exact) mass is 323 g/mol. The van der Waals surface area contributed by atoms with E-state index in [1.165, 1.54) is 6.92 Å². The summed E-state index contributed by atoms with van der Waals surface area (Å²) in [4.78, 5) is 20.5. The molecule has 1 aromatic carbocycles. The van der Waals surface area contributed by atoms with Gasteiger partial charge >= 0.3 is 11.9 Å². The van der Waals surface area contributed by atoms with Crippen LogP contribution in [0.25, 0.3) is 0 Å². The van der Waals surface area contributed by atoms with Crippen LogP contribution in [0, 0.1) is 11.6 Å². The Balaban J connectivity index is 3.13. The summed E-state index contributed by atoms with van der Waals surface area (Å²) in [6, 6.07) is 0.802. The molecule has 0 aliphatic heterocycles. The molecule has 0 aliphatic carbocycles. The summed E-state index contributed by atoms with van der Waals surface area (Å²) < 4.78 is 56.4. The van der Waals surface area contributed by atoms with E-state index in [2.05, 4.69) is 4.74 Å². The van der Waals surface area contributed by atoms with Crippen molar-refractivity contribution in [3.8, 4) is 0 Å². The van der Waals surface area contributed by atoms with Gasteiger partial charge < -0.3 is 9.84 Å². The fraction of sp³-hybridized carbons (Fsp3) is 0.273. The third kappa shape index (κ3) is 4.20. The minimum Gasteiger partial charge on any atom is -0.478 e. The molecule has 2 N–H and O–H groups in total. The summed E-state index contributed by atoms with van der Waals surface area (Å²) in [7, 11) is -4.61. The Morgan fingerprint density at radius 2 is 1.95 bits per heavy atom. The Hall–Kier alpha value is -2.07. The van der Waals surface area contributed by atoms with Crippen LogP contribution in [-0.4, -0.2) is 38.6 Å². The molecule has 0 radical (unpaired) electrons. The van der Waals surface area contributed by atoms with Crippen molar-refractivity contribution in [3.05, 3.63) is 29.3 Å². The number of carbonyl (C=O) groups is 2. The van der Waals surface area contributed by atoms with Crippen molar-refractivity contribution in [2.24, 2.45) is 0 Å². The van der Waals surface area contributed by atoms with Crippen LogP contribution < -0.4 is 4.72 Å². The molecule has 0 spiro atoms. The summed E-state index contributed by atoms with van der Waals surface area (Å²) in [5.74, 6) is -5.92. The third-order valence-electron chi connectivity index (χ3n) is 2.24. The number of hydrogen-bond donors (Lipinski definition) is 2. The lowest BCUT2D eigenvalue weighted by atomic mass is 10.2. The molecule has 1 aromatic rings. The van der Waals surface area contributed by atoms with Gasteiger partial charge in [-0.05, 0) is 19.1 Å². The fourth-order valence-electron chi connectivity index (χ4n) is 1.33. The Morgan fingerprint density at radius 3 is 2.48 bits per heavy atom. The molecule has 0 unspecified atom stereocenters. The van der Waals surface area contributed by atoms with Gasteiger partial charge in [-0.3, -0.25) is 4.79 Å². The highest BCUT2D eigenvalue weighted by Gasteiger charge is 2.25. The van der Waals surface area contributed by atoms with E-state index in [0.717, 1.165) is 0 Å². The van der Waals surface area contributed by atoms with Crippen molar-refractivity contribution in [3.63, 3.8) is 0 Å². The van der Waals surface area contributed by atoms with Crippen molar-refractivity contribution >= 4 is 22.0 Å². The number of carbonyl (C=O) groups excluding carboxylic acids is 1. The molecular formula is C11H11F2NO6S. The Labute approximate surface area is 118 Å². The van der Waals surface area contributed by atoms with E-state index >= 15 is 0 Å². The van der Waals surface area contributed by atoms with Gasteiger partial charge in [0.1, 0.15) is 11.4 Å². The topological polar surface area (TPSA) is 110 Å². The molecule has 10 heteroatoms. The van der Waals surface area contributed by atoms with Crippen molar-refractivity contribution < 1.29 is 36.6 Å². The summed E-state index contributed by atoms with van der Waals surface area (Å²) in [5, 5.41) is 8.70. The number of carboxylic acids is 1. The van der Waals surface area contributed by atoms with Gasteiger partial charge in [0.05, 0.1) is 12.2 Å². The lowest BCUT2D eigenvalue weighted by Gasteiger charge is -2.08. The van der Waals surface area contributed by atoms with Crippen molar-refractivity contribution in [2.75, 3.05) is 13.2 Å². The van der Waals surface area contributed by atoms with Gasteiger partial charge in [-0.2, -0.15) is 4.72 Å². The van der Waals surface area contributed by atoms with Crippen LogP contribution >= 0.6 is 0 Å². The van der Waals surface area contributed by atoms with Gasteiger partial charge in [-0.1, -0.05) is 0 Å². The number of rotatable bonds is 6. The van der Waals surface area contributed by atoms with E-state index in [1.54, 1.807) is 4.72 Å².